The van der Waals surface area contributed by atoms with Gasteiger partial charge in [0.1, 0.15) is 0 Å². The molecule has 1 aromatic heterocycles. The Labute approximate surface area is 135 Å². The third-order valence-corrected chi connectivity index (χ3v) is 5.04. The van der Waals surface area contributed by atoms with Crippen LogP contribution in [0.2, 0.25) is 5.02 Å². The molecule has 0 unspecified atom stereocenters. The Bertz CT molecular complexity index is 653. The first-order chi connectivity index (χ1) is 10.8. The van der Waals surface area contributed by atoms with E-state index in [-0.39, 0.29) is 0 Å². The van der Waals surface area contributed by atoms with E-state index in [1.807, 2.05) is 12.1 Å². The fraction of sp³-hybridized carbons (Fsp3) is 0.529. The lowest BCUT2D eigenvalue weighted by atomic mass is 10.0. The molecule has 5 heteroatoms. The van der Waals surface area contributed by atoms with Crippen molar-refractivity contribution in [1.82, 2.24) is 15.0 Å². The number of aromatic nitrogens is 2. The van der Waals surface area contributed by atoms with Gasteiger partial charge in [-0.05, 0) is 50.3 Å². The highest BCUT2D eigenvalue weighted by Crippen LogP contribution is 2.39. The van der Waals surface area contributed by atoms with Crippen LogP contribution in [0.25, 0.3) is 0 Å². The second kappa shape index (κ2) is 6.01. The normalized spacial score (nSPS) is 22.3. The topological polar surface area (TPSA) is 42.2 Å². The molecule has 1 saturated carbocycles. The maximum absolute atomic E-state index is 6.30. The summed E-state index contributed by atoms with van der Waals surface area (Å²) in [4.78, 5) is 7.01. The van der Waals surface area contributed by atoms with Crippen LogP contribution in [0, 0.1) is 0 Å². The highest BCUT2D eigenvalue weighted by molar-refractivity contribution is 6.31. The highest BCUT2D eigenvalue weighted by atomic mass is 35.5. The van der Waals surface area contributed by atoms with Crippen LogP contribution in [0.3, 0.4) is 0 Å². The van der Waals surface area contributed by atoms with Crippen molar-refractivity contribution in [1.29, 1.82) is 0 Å². The molecule has 1 atom stereocenters. The molecule has 4 rings (SSSR count). The van der Waals surface area contributed by atoms with Crippen LogP contribution < -0.4 is 0 Å². The third-order valence-electron chi connectivity index (χ3n) is 4.67. The number of halogens is 1. The summed E-state index contributed by atoms with van der Waals surface area (Å²) in [5, 5.41) is 5.01. The number of nitrogens with zero attached hydrogens (tertiary/aromatic N) is 3. The van der Waals surface area contributed by atoms with Gasteiger partial charge in [0.2, 0.25) is 5.89 Å². The van der Waals surface area contributed by atoms with Crippen molar-refractivity contribution in [2.24, 2.45) is 0 Å². The van der Waals surface area contributed by atoms with Crippen LogP contribution >= 0.6 is 11.6 Å². The third kappa shape index (κ3) is 3.03. The molecule has 2 aromatic rings. The van der Waals surface area contributed by atoms with E-state index in [1.165, 1.54) is 31.2 Å². The van der Waals surface area contributed by atoms with Crippen molar-refractivity contribution >= 4 is 11.6 Å². The predicted molar refractivity (Wildman–Crippen MR) is 84.9 cm³/mol. The van der Waals surface area contributed by atoms with Crippen LogP contribution in [0.1, 0.15) is 48.9 Å². The minimum Gasteiger partial charge on any atom is -0.339 e. The van der Waals surface area contributed by atoms with Crippen LogP contribution in [0.4, 0.5) is 0 Å². The van der Waals surface area contributed by atoms with Gasteiger partial charge in [-0.25, -0.2) is 0 Å². The molecule has 2 fully saturated rings. The largest absolute Gasteiger partial charge is 0.339 e. The summed E-state index contributed by atoms with van der Waals surface area (Å²) in [5.41, 5.74) is 1.23. The van der Waals surface area contributed by atoms with Crippen molar-refractivity contribution in [3.05, 3.63) is 46.6 Å². The van der Waals surface area contributed by atoms with Crippen LogP contribution in [0.5, 0.6) is 0 Å². The van der Waals surface area contributed by atoms with Gasteiger partial charge in [0.15, 0.2) is 5.82 Å². The molecule has 2 aliphatic rings. The SMILES string of the molecule is Clc1ccccc1C[C@H]1CCCN1Cc1noc(C2CC2)n1. The standard InChI is InChI=1S/C17H20ClN3O/c18-15-6-2-1-4-13(15)10-14-5-3-9-21(14)11-16-19-17(22-20-16)12-7-8-12/h1-2,4,6,12,14H,3,5,7-11H2/t14-/m1/s1. The molecular weight excluding hydrogens is 298 g/mol. The molecule has 4 nitrogen and oxygen atoms in total. The minimum atomic E-state index is 0.516. The summed E-state index contributed by atoms with van der Waals surface area (Å²) in [6.07, 6.45) is 5.81. The van der Waals surface area contributed by atoms with E-state index in [4.69, 9.17) is 16.1 Å². The van der Waals surface area contributed by atoms with Gasteiger partial charge in [0, 0.05) is 17.0 Å². The molecule has 0 spiro atoms. The van der Waals surface area contributed by atoms with Crippen molar-refractivity contribution in [3.63, 3.8) is 0 Å². The van der Waals surface area contributed by atoms with E-state index >= 15 is 0 Å². The molecule has 1 aromatic carbocycles. The second-order valence-electron chi connectivity index (χ2n) is 6.39. The monoisotopic (exact) mass is 317 g/mol. The molecule has 0 N–H and O–H groups in total. The van der Waals surface area contributed by atoms with E-state index in [2.05, 4.69) is 27.2 Å². The molecule has 2 heterocycles. The predicted octanol–water partition coefficient (Wildman–Crippen LogP) is 3.81. The first-order valence-electron chi connectivity index (χ1n) is 8.09. The number of likely N-dealkylation sites (tertiary alicyclic amines) is 1. The maximum Gasteiger partial charge on any atom is 0.229 e. The minimum absolute atomic E-state index is 0.516. The van der Waals surface area contributed by atoms with Crippen molar-refractivity contribution in [2.75, 3.05) is 6.54 Å². The van der Waals surface area contributed by atoms with E-state index in [1.54, 1.807) is 0 Å². The summed E-state index contributed by atoms with van der Waals surface area (Å²) in [6.45, 7) is 1.88. The fourth-order valence-electron chi connectivity index (χ4n) is 3.26. The molecule has 1 saturated heterocycles. The van der Waals surface area contributed by atoms with Gasteiger partial charge < -0.3 is 4.52 Å². The summed E-state index contributed by atoms with van der Waals surface area (Å²) in [5.74, 6) is 2.18. The van der Waals surface area contributed by atoms with Crippen LogP contribution in [0.15, 0.2) is 28.8 Å². The van der Waals surface area contributed by atoms with Gasteiger partial charge in [0.25, 0.3) is 0 Å². The molecule has 1 aliphatic carbocycles. The van der Waals surface area contributed by atoms with Crippen LogP contribution in [-0.4, -0.2) is 27.6 Å². The van der Waals surface area contributed by atoms with E-state index in [0.717, 1.165) is 36.2 Å². The summed E-state index contributed by atoms with van der Waals surface area (Å²) < 4.78 is 5.36. The number of rotatable bonds is 5. The van der Waals surface area contributed by atoms with Gasteiger partial charge >= 0.3 is 0 Å². The summed E-state index contributed by atoms with van der Waals surface area (Å²) in [7, 11) is 0. The Morgan fingerprint density at radius 3 is 2.91 bits per heavy atom. The van der Waals surface area contributed by atoms with Gasteiger partial charge in [-0.15, -0.1) is 0 Å². The van der Waals surface area contributed by atoms with Crippen molar-refractivity contribution in [2.45, 2.75) is 50.6 Å². The Morgan fingerprint density at radius 1 is 1.23 bits per heavy atom. The zero-order valence-corrected chi connectivity index (χ0v) is 13.3. The molecule has 1 aliphatic heterocycles. The Hall–Kier alpha value is -1.39. The number of hydrogen-bond donors (Lipinski definition) is 0. The lowest BCUT2D eigenvalue weighted by molar-refractivity contribution is 0.234. The van der Waals surface area contributed by atoms with Crippen molar-refractivity contribution in [3.8, 4) is 0 Å². The van der Waals surface area contributed by atoms with Crippen LogP contribution in [-0.2, 0) is 13.0 Å². The van der Waals surface area contributed by atoms with Gasteiger partial charge in [-0.2, -0.15) is 4.98 Å². The lowest BCUT2D eigenvalue weighted by Crippen LogP contribution is -2.31. The second-order valence-corrected chi connectivity index (χ2v) is 6.79. The lowest BCUT2D eigenvalue weighted by Gasteiger charge is -2.23. The first kappa shape index (κ1) is 14.2. The van der Waals surface area contributed by atoms with E-state index in [0.29, 0.717) is 12.0 Å². The average molecular weight is 318 g/mol. The Morgan fingerprint density at radius 2 is 2.09 bits per heavy atom. The molecule has 22 heavy (non-hydrogen) atoms. The van der Waals surface area contributed by atoms with Gasteiger partial charge in [-0.1, -0.05) is 35.0 Å². The maximum atomic E-state index is 6.30. The highest BCUT2D eigenvalue weighted by Gasteiger charge is 2.31. The average Bonchev–Trinajstić information content (AvgIpc) is 3.12. The number of benzene rings is 1. The molecular formula is C17H20ClN3O. The van der Waals surface area contributed by atoms with Gasteiger partial charge in [-0.3, -0.25) is 4.90 Å². The molecule has 0 radical (unpaired) electrons. The molecule has 0 amide bonds. The Balaban J connectivity index is 1.43. The summed E-state index contributed by atoms with van der Waals surface area (Å²) >= 11 is 6.30. The molecule has 0 bridgehead atoms. The Kier molecular flexibility index (Phi) is 3.89. The smallest absolute Gasteiger partial charge is 0.229 e. The van der Waals surface area contributed by atoms with E-state index < -0.39 is 0 Å². The summed E-state index contributed by atoms with van der Waals surface area (Å²) in [6, 6.07) is 8.65. The quantitative estimate of drug-likeness (QED) is 0.841. The van der Waals surface area contributed by atoms with Gasteiger partial charge in [0.05, 0.1) is 6.54 Å². The number of hydrogen-bond acceptors (Lipinski definition) is 4. The first-order valence-corrected chi connectivity index (χ1v) is 8.47. The zero-order chi connectivity index (χ0) is 14.9. The molecule has 116 valence electrons. The zero-order valence-electron chi connectivity index (χ0n) is 12.5. The van der Waals surface area contributed by atoms with E-state index in [9.17, 15) is 0 Å². The van der Waals surface area contributed by atoms with Crippen molar-refractivity contribution < 1.29 is 4.52 Å². The fourth-order valence-corrected chi connectivity index (χ4v) is 3.47.